The molecule has 1 fully saturated rings. The Labute approximate surface area is 104 Å². The standard InChI is InChI=1S/C11H15BrN2S/c1-14-7-6-13-11(8-14)15-10-4-2-9(12)3-5-10/h2-5,11,13H,6-8H2,1H3. The van der Waals surface area contributed by atoms with E-state index in [-0.39, 0.29) is 0 Å². The first-order valence-corrected chi connectivity index (χ1v) is 6.75. The summed E-state index contributed by atoms with van der Waals surface area (Å²) in [4.78, 5) is 3.69. The Morgan fingerprint density at radius 1 is 1.40 bits per heavy atom. The molecule has 2 rings (SSSR count). The molecular formula is C11H15BrN2S. The normalized spacial score (nSPS) is 22.9. The number of likely N-dealkylation sites (N-methyl/N-ethyl adjacent to an activating group) is 1. The lowest BCUT2D eigenvalue weighted by atomic mass is 10.4. The van der Waals surface area contributed by atoms with Gasteiger partial charge in [-0.05, 0) is 31.3 Å². The van der Waals surface area contributed by atoms with E-state index in [1.165, 1.54) is 4.90 Å². The summed E-state index contributed by atoms with van der Waals surface area (Å²) in [5.41, 5.74) is 0. The van der Waals surface area contributed by atoms with Crippen molar-refractivity contribution in [2.45, 2.75) is 10.3 Å². The van der Waals surface area contributed by atoms with E-state index in [0.717, 1.165) is 24.1 Å². The first-order chi connectivity index (χ1) is 7.24. The van der Waals surface area contributed by atoms with Gasteiger partial charge in [-0.2, -0.15) is 0 Å². The predicted octanol–water partition coefficient (Wildman–Crippen LogP) is 2.40. The number of hydrogen-bond acceptors (Lipinski definition) is 3. The molecule has 1 aliphatic rings. The maximum atomic E-state index is 3.52. The molecule has 1 N–H and O–H groups in total. The van der Waals surface area contributed by atoms with Crippen molar-refractivity contribution in [2.75, 3.05) is 26.7 Å². The third kappa shape index (κ3) is 3.48. The summed E-state index contributed by atoms with van der Waals surface area (Å²) in [5.74, 6) is 0. The first-order valence-electron chi connectivity index (χ1n) is 5.08. The van der Waals surface area contributed by atoms with Gasteiger partial charge in [-0.3, -0.25) is 0 Å². The monoisotopic (exact) mass is 286 g/mol. The molecule has 0 saturated carbocycles. The minimum atomic E-state index is 0.518. The molecule has 1 aromatic carbocycles. The summed E-state index contributed by atoms with van der Waals surface area (Å²) in [7, 11) is 2.18. The van der Waals surface area contributed by atoms with Crippen LogP contribution in [0.2, 0.25) is 0 Å². The third-order valence-electron chi connectivity index (χ3n) is 2.44. The third-order valence-corrected chi connectivity index (χ3v) is 4.11. The van der Waals surface area contributed by atoms with Crippen LogP contribution in [0.1, 0.15) is 0 Å². The van der Waals surface area contributed by atoms with E-state index in [2.05, 4.69) is 57.5 Å². The molecule has 0 aliphatic carbocycles. The fourth-order valence-electron chi connectivity index (χ4n) is 1.61. The molecule has 15 heavy (non-hydrogen) atoms. The molecule has 82 valence electrons. The van der Waals surface area contributed by atoms with Gasteiger partial charge < -0.3 is 10.2 Å². The number of halogens is 1. The number of nitrogens with zero attached hydrogens (tertiary/aromatic N) is 1. The summed E-state index contributed by atoms with van der Waals surface area (Å²) in [6.07, 6.45) is 0. The van der Waals surface area contributed by atoms with Crippen molar-refractivity contribution in [3.63, 3.8) is 0 Å². The number of hydrogen-bond donors (Lipinski definition) is 1. The van der Waals surface area contributed by atoms with Crippen molar-refractivity contribution in [1.29, 1.82) is 0 Å². The van der Waals surface area contributed by atoms with Crippen LogP contribution in [0.5, 0.6) is 0 Å². The van der Waals surface area contributed by atoms with E-state index >= 15 is 0 Å². The summed E-state index contributed by atoms with van der Waals surface area (Å²) in [6.45, 7) is 3.35. The molecule has 1 heterocycles. The lowest BCUT2D eigenvalue weighted by molar-refractivity contribution is 0.278. The van der Waals surface area contributed by atoms with E-state index < -0.39 is 0 Å². The van der Waals surface area contributed by atoms with Crippen molar-refractivity contribution >= 4 is 27.7 Å². The van der Waals surface area contributed by atoms with Crippen LogP contribution in [0, 0.1) is 0 Å². The van der Waals surface area contributed by atoms with E-state index in [4.69, 9.17) is 0 Å². The molecule has 1 aliphatic heterocycles. The van der Waals surface area contributed by atoms with Crippen LogP contribution in [0.25, 0.3) is 0 Å². The van der Waals surface area contributed by atoms with Gasteiger partial charge in [0, 0.05) is 29.0 Å². The van der Waals surface area contributed by atoms with E-state index in [1.807, 2.05) is 11.8 Å². The largest absolute Gasteiger partial charge is 0.303 e. The van der Waals surface area contributed by atoms with Crippen LogP contribution in [0.3, 0.4) is 0 Å². The topological polar surface area (TPSA) is 15.3 Å². The Morgan fingerprint density at radius 3 is 2.80 bits per heavy atom. The average molecular weight is 287 g/mol. The van der Waals surface area contributed by atoms with Gasteiger partial charge in [0.2, 0.25) is 0 Å². The van der Waals surface area contributed by atoms with Gasteiger partial charge in [0.05, 0.1) is 5.37 Å². The van der Waals surface area contributed by atoms with Crippen LogP contribution in [-0.4, -0.2) is 37.0 Å². The average Bonchev–Trinajstić information content (AvgIpc) is 2.22. The van der Waals surface area contributed by atoms with Crippen LogP contribution >= 0.6 is 27.7 Å². The molecule has 0 aromatic heterocycles. The first kappa shape index (κ1) is 11.5. The van der Waals surface area contributed by atoms with Crippen LogP contribution in [-0.2, 0) is 0 Å². The Bertz CT molecular complexity index is 315. The molecule has 4 heteroatoms. The second kappa shape index (κ2) is 5.34. The highest BCUT2D eigenvalue weighted by molar-refractivity contribution is 9.10. The zero-order chi connectivity index (χ0) is 10.7. The minimum absolute atomic E-state index is 0.518. The van der Waals surface area contributed by atoms with Crippen molar-refractivity contribution in [2.24, 2.45) is 0 Å². The molecule has 0 bridgehead atoms. The summed E-state index contributed by atoms with van der Waals surface area (Å²) in [5, 5.41) is 4.04. The smallest absolute Gasteiger partial charge is 0.0708 e. The van der Waals surface area contributed by atoms with E-state index in [0.29, 0.717) is 5.37 Å². The molecule has 0 amide bonds. The second-order valence-corrected chi connectivity index (χ2v) is 5.97. The van der Waals surface area contributed by atoms with E-state index in [9.17, 15) is 0 Å². The van der Waals surface area contributed by atoms with Gasteiger partial charge in [0.25, 0.3) is 0 Å². The molecule has 1 atom stereocenters. The molecule has 0 spiro atoms. The number of benzene rings is 1. The summed E-state index contributed by atoms with van der Waals surface area (Å²) in [6, 6.07) is 8.50. The fourth-order valence-corrected chi connectivity index (χ4v) is 3.03. The van der Waals surface area contributed by atoms with Gasteiger partial charge in [0.15, 0.2) is 0 Å². The minimum Gasteiger partial charge on any atom is -0.303 e. The SMILES string of the molecule is CN1CCNC(Sc2ccc(Br)cc2)C1. The van der Waals surface area contributed by atoms with Gasteiger partial charge >= 0.3 is 0 Å². The lowest BCUT2D eigenvalue weighted by Gasteiger charge is -2.30. The van der Waals surface area contributed by atoms with Gasteiger partial charge in [-0.25, -0.2) is 0 Å². The van der Waals surface area contributed by atoms with Gasteiger partial charge in [-0.15, -0.1) is 11.8 Å². The maximum absolute atomic E-state index is 3.52. The number of nitrogens with one attached hydrogen (secondary N) is 1. The number of rotatable bonds is 2. The summed E-state index contributed by atoms with van der Waals surface area (Å²) >= 11 is 5.35. The van der Waals surface area contributed by atoms with Crippen LogP contribution in [0.4, 0.5) is 0 Å². The molecule has 1 aromatic rings. The van der Waals surface area contributed by atoms with Crippen molar-refractivity contribution in [1.82, 2.24) is 10.2 Å². The number of thioether (sulfide) groups is 1. The Balaban J connectivity index is 1.93. The van der Waals surface area contributed by atoms with Crippen LogP contribution < -0.4 is 5.32 Å². The zero-order valence-electron chi connectivity index (χ0n) is 8.74. The fraction of sp³-hybridized carbons (Fsp3) is 0.455. The van der Waals surface area contributed by atoms with Gasteiger partial charge in [0.1, 0.15) is 0 Å². The Hall–Kier alpha value is -0.0300. The zero-order valence-corrected chi connectivity index (χ0v) is 11.1. The highest BCUT2D eigenvalue weighted by Gasteiger charge is 2.16. The van der Waals surface area contributed by atoms with E-state index in [1.54, 1.807) is 0 Å². The molecule has 2 nitrogen and oxygen atoms in total. The Kier molecular flexibility index (Phi) is 4.08. The molecule has 1 unspecified atom stereocenters. The highest BCUT2D eigenvalue weighted by Crippen LogP contribution is 2.24. The maximum Gasteiger partial charge on any atom is 0.0708 e. The van der Waals surface area contributed by atoms with Crippen molar-refractivity contribution in [3.8, 4) is 0 Å². The quantitative estimate of drug-likeness (QED) is 0.899. The highest BCUT2D eigenvalue weighted by atomic mass is 79.9. The molecular weight excluding hydrogens is 272 g/mol. The molecule has 0 radical (unpaired) electrons. The number of piperazine rings is 1. The van der Waals surface area contributed by atoms with Gasteiger partial charge in [-0.1, -0.05) is 15.9 Å². The van der Waals surface area contributed by atoms with Crippen molar-refractivity contribution in [3.05, 3.63) is 28.7 Å². The lowest BCUT2D eigenvalue weighted by Crippen LogP contribution is -2.47. The Morgan fingerprint density at radius 2 is 2.13 bits per heavy atom. The predicted molar refractivity (Wildman–Crippen MR) is 69.3 cm³/mol. The van der Waals surface area contributed by atoms with Crippen molar-refractivity contribution < 1.29 is 0 Å². The van der Waals surface area contributed by atoms with Crippen LogP contribution in [0.15, 0.2) is 33.6 Å². The molecule has 1 saturated heterocycles. The second-order valence-electron chi connectivity index (χ2n) is 3.78. The summed E-state index contributed by atoms with van der Waals surface area (Å²) < 4.78 is 1.14.